The fraction of sp³-hybridized carbons (Fsp3) is 0.235. The van der Waals surface area contributed by atoms with Crippen LogP contribution >= 0.6 is 12.2 Å². The molecular weight excluding hydrogens is 296 g/mol. The number of nitrogens with zero attached hydrogens (tertiary/aromatic N) is 1. The SMILES string of the molecule is COc1ccc(-c2c3c([nH]c(=S)c2C#N)CCCC3=O)cc1. The number of nitriles is 1. The van der Waals surface area contributed by atoms with Crippen molar-refractivity contribution in [1.29, 1.82) is 5.26 Å². The summed E-state index contributed by atoms with van der Waals surface area (Å²) in [5, 5.41) is 9.48. The third kappa shape index (κ3) is 2.32. The molecule has 1 aromatic carbocycles. The lowest BCUT2D eigenvalue weighted by molar-refractivity contribution is 0.0972. The fourth-order valence-corrected chi connectivity index (χ4v) is 3.12. The Balaban J connectivity index is 2.33. The number of rotatable bonds is 2. The first kappa shape index (κ1) is 14.5. The number of Topliss-reactive ketones (excluding diaryl/α,β-unsaturated/α-hetero) is 1. The molecule has 0 spiro atoms. The predicted octanol–water partition coefficient (Wildman–Crippen LogP) is 3.81. The molecule has 2 aromatic rings. The van der Waals surface area contributed by atoms with Crippen molar-refractivity contribution in [3.63, 3.8) is 0 Å². The highest BCUT2D eigenvalue weighted by Gasteiger charge is 2.25. The number of benzene rings is 1. The van der Waals surface area contributed by atoms with E-state index in [1.807, 2.05) is 24.3 Å². The number of aromatic amines is 1. The molecule has 0 atom stereocenters. The largest absolute Gasteiger partial charge is 0.497 e. The summed E-state index contributed by atoms with van der Waals surface area (Å²) in [6.07, 6.45) is 2.09. The predicted molar refractivity (Wildman–Crippen MR) is 85.6 cm³/mol. The molecule has 0 aliphatic heterocycles. The van der Waals surface area contributed by atoms with Crippen molar-refractivity contribution in [3.8, 4) is 22.9 Å². The van der Waals surface area contributed by atoms with Crippen LogP contribution in [-0.4, -0.2) is 17.9 Å². The second kappa shape index (κ2) is 5.74. The summed E-state index contributed by atoms with van der Waals surface area (Å²) in [6.45, 7) is 0. The molecule has 0 saturated carbocycles. The van der Waals surface area contributed by atoms with E-state index in [1.165, 1.54) is 0 Å². The molecule has 3 rings (SSSR count). The Morgan fingerprint density at radius 1 is 1.23 bits per heavy atom. The minimum Gasteiger partial charge on any atom is -0.497 e. The Labute approximate surface area is 133 Å². The molecule has 0 amide bonds. The quantitative estimate of drug-likeness (QED) is 0.857. The van der Waals surface area contributed by atoms with Gasteiger partial charge in [-0.25, -0.2) is 0 Å². The lowest BCUT2D eigenvalue weighted by Crippen LogP contribution is -2.15. The molecule has 1 aromatic heterocycles. The van der Waals surface area contributed by atoms with E-state index < -0.39 is 0 Å². The van der Waals surface area contributed by atoms with Gasteiger partial charge in [-0.1, -0.05) is 24.4 Å². The molecule has 1 aliphatic carbocycles. The summed E-state index contributed by atoms with van der Waals surface area (Å²) in [7, 11) is 1.60. The van der Waals surface area contributed by atoms with E-state index in [-0.39, 0.29) is 5.78 Å². The van der Waals surface area contributed by atoms with Gasteiger partial charge in [-0.15, -0.1) is 0 Å². The van der Waals surface area contributed by atoms with Crippen LogP contribution in [-0.2, 0) is 6.42 Å². The number of ketones is 1. The number of fused-ring (bicyclic) bond motifs is 1. The summed E-state index contributed by atoms with van der Waals surface area (Å²) in [4.78, 5) is 15.5. The molecule has 4 nitrogen and oxygen atoms in total. The monoisotopic (exact) mass is 310 g/mol. The third-order valence-electron chi connectivity index (χ3n) is 3.89. The van der Waals surface area contributed by atoms with Gasteiger partial charge in [0.05, 0.1) is 12.7 Å². The second-order valence-corrected chi connectivity index (χ2v) is 5.58. The van der Waals surface area contributed by atoms with Gasteiger partial charge in [0, 0.05) is 23.2 Å². The maximum atomic E-state index is 12.4. The molecule has 1 heterocycles. The first-order valence-corrected chi connectivity index (χ1v) is 7.43. The number of pyridine rings is 1. The summed E-state index contributed by atoms with van der Waals surface area (Å²) in [5.74, 6) is 0.790. The maximum absolute atomic E-state index is 12.4. The van der Waals surface area contributed by atoms with Gasteiger partial charge in [-0.3, -0.25) is 4.79 Å². The van der Waals surface area contributed by atoms with Crippen molar-refractivity contribution < 1.29 is 9.53 Å². The van der Waals surface area contributed by atoms with Gasteiger partial charge >= 0.3 is 0 Å². The molecule has 0 unspecified atom stereocenters. The average Bonchev–Trinajstić information content (AvgIpc) is 2.54. The lowest BCUT2D eigenvalue weighted by Gasteiger charge is -2.20. The van der Waals surface area contributed by atoms with E-state index >= 15 is 0 Å². The Kier molecular flexibility index (Phi) is 3.78. The van der Waals surface area contributed by atoms with Crippen LogP contribution in [0.5, 0.6) is 5.75 Å². The molecular formula is C17H14N2O2S. The minimum atomic E-state index is 0.0646. The van der Waals surface area contributed by atoms with Crippen molar-refractivity contribution in [3.05, 3.63) is 45.7 Å². The molecule has 1 N–H and O–H groups in total. The Bertz CT molecular complexity index is 845. The Morgan fingerprint density at radius 2 is 1.95 bits per heavy atom. The maximum Gasteiger partial charge on any atom is 0.165 e. The van der Waals surface area contributed by atoms with E-state index in [2.05, 4.69) is 11.1 Å². The van der Waals surface area contributed by atoms with Crippen LogP contribution in [0.25, 0.3) is 11.1 Å². The average molecular weight is 310 g/mol. The van der Waals surface area contributed by atoms with Crippen LogP contribution in [0.3, 0.4) is 0 Å². The highest BCUT2D eigenvalue weighted by Crippen LogP contribution is 2.34. The molecule has 5 heteroatoms. The van der Waals surface area contributed by atoms with Gasteiger partial charge in [-0.2, -0.15) is 5.26 Å². The third-order valence-corrected chi connectivity index (χ3v) is 4.20. The van der Waals surface area contributed by atoms with Crippen molar-refractivity contribution in [2.45, 2.75) is 19.3 Å². The van der Waals surface area contributed by atoms with Gasteiger partial charge in [0.2, 0.25) is 0 Å². The molecule has 0 bridgehead atoms. The number of carbonyl (C=O) groups excluding carboxylic acids is 1. The van der Waals surface area contributed by atoms with Gasteiger partial charge in [0.1, 0.15) is 16.5 Å². The van der Waals surface area contributed by atoms with Crippen molar-refractivity contribution >= 4 is 18.0 Å². The number of ether oxygens (including phenoxy) is 1. The van der Waals surface area contributed by atoms with E-state index in [9.17, 15) is 10.1 Å². The van der Waals surface area contributed by atoms with Crippen LogP contribution in [0.4, 0.5) is 0 Å². The van der Waals surface area contributed by atoms with Crippen LogP contribution in [0.1, 0.15) is 34.5 Å². The first-order chi connectivity index (χ1) is 10.7. The molecule has 22 heavy (non-hydrogen) atoms. The molecule has 0 radical (unpaired) electrons. The Morgan fingerprint density at radius 3 is 2.59 bits per heavy atom. The zero-order valence-corrected chi connectivity index (χ0v) is 12.9. The smallest absolute Gasteiger partial charge is 0.165 e. The fourth-order valence-electron chi connectivity index (χ4n) is 2.85. The molecule has 1 aliphatic rings. The zero-order valence-electron chi connectivity index (χ0n) is 12.1. The highest BCUT2D eigenvalue weighted by atomic mass is 32.1. The number of hydrogen-bond donors (Lipinski definition) is 1. The van der Waals surface area contributed by atoms with Gasteiger partial charge < -0.3 is 9.72 Å². The lowest BCUT2D eigenvalue weighted by atomic mass is 9.86. The number of nitrogens with one attached hydrogen (secondary N) is 1. The number of carbonyl (C=O) groups is 1. The number of methoxy groups -OCH3 is 1. The van der Waals surface area contributed by atoms with Gasteiger partial charge in [-0.05, 0) is 30.5 Å². The molecule has 0 saturated heterocycles. The first-order valence-electron chi connectivity index (χ1n) is 7.02. The van der Waals surface area contributed by atoms with Crippen LogP contribution in [0.2, 0.25) is 0 Å². The van der Waals surface area contributed by atoms with Crippen LogP contribution in [0, 0.1) is 16.0 Å². The van der Waals surface area contributed by atoms with Gasteiger partial charge in [0.15, 0.2) is 5.78 Å². The number of aryl methyl sites for hydroxylation is 1. The van der Waals surface area contributed by atoms with E-state index in [0.29, 0.717) is 27.8 Å². The number of aromatic nitrogens is 1. The summed E-state index contributed by atoms with van der Waals surface area (Å²) < 4.78 is 5.55. The summed E-state index contributed by atoms with van der Waals surface area (Å²) >= 11 is 5.30. The van der Waals surface area contributed by atoms with E-state index in [0.717, 1.165) is 29.8 Å². The Hall–Kier alpha value is -2.45. The zero-order chi connectivity index (χ0) is 15.7. The summed E-state index contributed by atoms with van der Waals surface area (Å²) in [6, 6.07) is 9.48. The number of hydrogen-bond acceptors (Lipinski definition) is 4. The topological polar surface area (TPSA) is 65.9 Å². The van der Waals surface area contributed by atoms with Crippen molar-refractivity contribution in [2.24, 2.45) is 0 Å². The second-order valence-electron chi connectivity index (χ2n) is 5.17. The van der Waals surface area contributed by atoms with Crippen molar-refractivity contribution in [1.82, 2.24) is 4.98 Å². The number of H-pyrrole nitrogens is 1. The van der Waals surface area contributed by atoms with Crippen molar-refractivity contribution in [2.75, 3.05) is 7.11 Å². The van der Waals surface area contributed by atoms with Crippen LogP contribution in [0.15, 0.2) is 24.3 Å². The van der Waals surface area contributed by atoms with E-state index in [4.69, 9.17) is 17.0 Å². The van der Waals surface area contributed by atoms with E-state index in [1.54, 1.807) is 7.11 Å². The molecule has 0 fully saturated rings. The normalized spacial score (nSPS) is 13.4. The minimum absolute atomic E-state index is 0.0646. The van der Waals surface area contributed by atoms with Gasteiger partial charge in [0.25, 0.3) is 0 Å². The van der Waals surface area contributed by atoms with Crippen LogP contribution < -0.4 is 4.74 Å². The summed E-state index contributed by atoms with van der Waals surface area (Å²) in [5.41, 5.74) is 3.26. The molecule has 110 valence electrons. The highest BCUT2D eigenvalue weighted by molar-refractivity contribution is 7.71. The standard InChI is InChI=1S/C17H14N2O2S/c1-21-11-7-5-10(6-8-11)15-12(9-18)17(22)19-13-3-2-4-14(20)16(13)15/h5-8H,2-4H2,1H3,(H,19,22).